The van der Waals surface area contributed by atoms with E-state index in [1.807, 2.05) is 0 Å². The monoisotopic (exact) mass is 992 g/mol. The zero-order valence-corrected chi connectivity index (χ0v) is 46.9. The van der Waals surface area contributed by atoms with Crippen molar-refractivity contribution in [1.29, 1.82) is 0 Å². The maximum atomic E-state index is 13.1. The lowest BCUT2D eigenvalue weighted by atomic mass is 10.0. The molecule has 0 heterocycles. The lowest BCUT2D eigenvalue weighted by molar-refractivity contribution is -0.158. The van der Waals surface area contributed by atoms with Crippen LogP contribution in [-0.4, -0.2) is 60.4 Å². The maximum absolute atomic E-state index is 13.1. The molecule has 0 spiro atoms. The minimum absolute atomic E-state index is 0.251. The van der Waals surface area contributed by atoms with Crippen molar-refractivity contribution in [2.24, 2.45) is 0 Å². The van der Waals surface area contributed by atoms with E-state index in [1.165, 1.54) is 238 Å². The minimum atomic E-state index is -1.40. The Hall–Kier alpha value is -2.16. The van der Waals surface area contributed by atoms with Crippen LogP contribution in [0.4, 0.5) is 0 Å². The van der Waals surface area contributed by atoms with Crippen LogP contribution in [0.25, 0.3) is 0 Å². The van der Waals surface area contributed by atoms with E-state index < -0.39 is 35.5 Å². The number of hydrogen-bond acceptors (Lipinski definition) is 8. The van der Waals surface area contributed by atoms with Gasteiger partial charge in [-0.25, -0.2) is 0 Å². The summed E-state index contributed by atoms with van der Waals surface area (Å²) in [6, 6.07) is -1.07. The van der Waals surface area contributed by atoms with E-state index in [2.05, 4.69) is 26.1 Å². The number of rotatable bonds is 57. The topological polar surface area (TPSA) is 128 Å². The SMILES string of the molecule is CCCCCCCCCCCCCCCCCC(=O)OCC(COC(=O)CCCCCCCCCCCCCCCCC)(COC(=O)CCCCCCCCCCCCCCCCC)NC(C)C(=O)O. The molecule has 0 aliphatic heterocycles. The van der Waals surface area contributed by atoms with E-state index in [0.29, 0.717) is 19.3 Å². The van der Waals surface area contributed by atoms with Crippen molar-refractivity contribution in [1.82, 2.24) is 5.32 Å². The van der Waals surface area contributed by atoms with Gasteiger partial charge in [0, 0.05) is 19.3 Å². The molecule has 0 aromatic heterocycles. The molecule has 1 unspecified atom stereocenters. The van der Waals surface area contributed by atoms with E-state index in [1.54, 1.807) is 0 Å². The quantitative estimate of drug-likeness (QED) is 0.0348. The van der Waals surface area contributed by atoms with E-state index in [4.69, 9.17) is 14.2 Å². The third-order valence-electron chi connectivity index (χ3n) is 14.4. The number of esters is 3. The Labute approximate surface area is 433 Å². The fraction of sp³-hybridized carbons (Fsp3) is 0.934. The third kappa shape index (κ3) is 48.1. The molecule has 0 bridgehead atoms. The maximum Gasteiger partial charge on any atom is 0.320 e. The fourth-order valence-electron chi connectivity index (χ4n) is 9.57. The van der Waals surface area contributed by atoms with Gasteiger partial charge in [-0.1, -0.05) is 290 Å². The van der Waals surface area contributed by atoms with Crippen LogP contribution < -0.4 is 5.32 Å². The van der Waals surface area contributed by atoms with Crippen molar-refractivity contribution in [3.8, 4) is 0 Å². The molecule has 414 valence electrons. The first-order valence-electron chi connectivity index (χ1n) is 30.7. The van der Waals surface area contributed by atoms with Gasteiger partial charge in [0.25, 0.3) is 0 Å². The van der Waals surface area contributed by atoms with Crippen LogP contribution in [0.2, 0.25) is 0 Å². The van der Waals surface area contributed by atoms with Gasteiger partial charge in [0.2, 0.25) is 0 Å². The zero-order chi connectivity index (χ0) is 51.3. The normalized spacial score (nSPS) is 12.1. The first kappa shape index (κ1) is 67.8. The predicted octanol–water partition coefficient (Wildman–Crippen LogP) is 18.2. The summed E-state index contributed by atoms with van der Waals surface area (Å²) in [7, 11) is 0. The van der Waals surface area contributed by atoms with Gasteiger partial charge >= 0.3 is 23.9 Å². The van der Waals surface area contributed by atoms with Gasteiger partial charge in [0.05, 0.1) is 0 Å². The molecule has 0 aliphatic carbocycles. The summed E-state index contributed by atoms with van der Waals surface area (Å²) in [5.74, 6) is -2.28. The first-order chi connectivity index (χ1) is 34.2. The Morgan fingerprint density at radius 3 is 0.671 bits per heavy atom. The van der Waals surface area contributed by atoms with Crippen molar-refractivity contribution in [3.63, 3.8) is 0 Å². The number of unbranched alkanes of at least 4 members (excludes halogenated alkanes) is 42. The molecular formula is C61H117NO8. The van der Waals surface area contributed by atoms with Crippen LogP contribution in [0.5, 0.6) is 0 Å². The fourth-order valence-corrected chi connectivity index (χ4v) is 9.57. The van der Waals surface area contributed by atoms with Crippen molar-refractivity contribution >= 4 is 23.9 Å². The van der Waals surface area contributed by atoms with Crippen LogP contribution in [0.15, 0.2) is 0 Å². The van der Waals surface area contributed by atoms with Gasteiger partial charge in [-0.3, -0.25) is 24.5 Å². The molecule has 1 atom stereocenters. The Morgan fingerprint density at radius 1 is 0.329 bits per heavy atom. The first-order valence-corrected chi connectivity index (χ1v) is 30.7. The second kappa shape index (κ2) is 53.1. The molecule has 0 aromatic carbocycles. The standard InChI is InChI=1S/C61H117NO8/c1-5-8-11-14-17-20-23-26-29-32-35-38-41-44-47-50-57(63)68-53-61(62-56(4)60(66)67,54-69-58(64)51-48-45-42-39-36-33-30-27-24-21-18-15-12-9-6-2)55-70-59(65)52-49-46-43-40-37-34-31-28-25-22-19-16-13-10-7-3/h56,62H,5-55H2,1-4H3,(H,66,67). The number of carboxylic acid groups (broad SMARTS) is 1. The van der Waals surface area contributed by atoms with Gasteiger partial charge in [0.1, 0.15) is 31.4 Å². The molecule has 0 rings (SSSR count). The third-order valence-corrected chi connectivity index (χ3v) is 14.4. The van der Waals surface area contributed by atoms with Gasteiger partial charge < -0.3 is 19.3 Å². The summed E-state index contributed by atoms with van der Waals surface area (Å²) in [5.41, 5.74) is -1.40. The Morgan fingerprint density at radius 2 is 0.500 bits per heavy atom. The number of carbonyl (C=O) groups excluding carboxylic acids is 3. The van der Waals surface area contributed by atoms with Crippen LogP contribution in [0.3, 0.4) is 0 Å². The molecule has 0 radical (unpaired) electrons. The summed E-state index contributed by atoms with van der Waals surface area (Å²) < 4.78 is 17.3. The second-order valence-corrected chi connectivity index (χ2v) is 21.6. The van der Waals surface area contributed by atoms with Crippen molar-refractivity contribution in [2.75, 3.05) is 19.8 Å². The van der Waals surface area contributed by atoms with Crippen LogP contribution in [0.1, 0.15) is 336 Å². The molecule has 9 nitrogen and oxygen atoms in total. The molecule has 0 amide bonds. The Kier molecular flexibility index (Phi) is 51.5. The van der Waals surface area contributed by atoms with Crippen LogP contribution in [0, 0.1) is 0 Å². The summed E-state index contributed by atoms with van der Waals surface area (Å²) in [4.78, 5) is 51.3. The van der Waals surface area contributed by atoms with Gasteiger partial charge in [-0.15, -0.1) is 0 Å². The van der Waals surface area contributed by atoms with Gasteiger partial charge in [-0.05, 0) is 26.2 Å². The highest BCUT2D eigenvalue weighted by Crippen LogP contribution is 2.19. The number of carboxylic acids is 1. The Balaban J connectivity index is 4.93. The molecule has 0 aromatic rings. The molecule has 9 heteroatoms. The smallest absolute Gasteiger partial charge is 0.320 e. The lowest BCUT2D eigenvalue weighted by Crippen LogP contribution is -2.61. The van der Waals surface area contributed by atoms with Crippen molar-refractivity contribution in [2.45, 2.75) is 347 Å². The van der Waals surface area contributed by atoms with E-state index in [-0.39, 0.29) is 39.1 Å². The average molecular weight is 993 g/mol. The number of ether oxygens (including phenoxy) is 3. The highest BCUT2D eigenvalue weighted by molar-refractivity contribution is 5.73. The lowest BCUT2D eigenvalue weighted by Gasteiger charge is -2.34. The van der Waals surface area contributed by atoms with E-state index >= 15 is 0 Å². The number of hydrogen-bond donors (Lipinski definition) is 2. The van der Waals surface area contributed by atoms with Crippen LogP contribution in [-0.2, 0) is 33.4 Å². The van der Waals surface area contributed by atoms with Crippen molar-refractivity contribution < 1.29 is 38.5 Å². The molecule has 0 fully saturated rings. The minimum Gasteiger partial charge on any atom is -0.480 e. The highest BCUT2D eigenvalue weighted by atomic mass is 16.6. The number of aliphatic carboxylic acids is 1. The number of nitrogens with one attached hydrogen (secondary N) is 1. The number of carbonyl (C=O) groups is 4. The molecule has 0 saturated heterocycles. The molecule has 70 heavy (non-hydrogen) atoms. The predicted molar refractivity (Wildman–Crippen MR) is 294 cm³/mol. The highest BCUT2D eigenvalue weighted by Gasteiger charge is 2.38. The van der Waals surface area contributed by atoms with Crippen LogP contribution >= 0.6 is 0 Å². The van der Waals surface area contributed by atoms with Crippen molar-refractivity contribution in [3.05, 3.63) is 0 Å². The molecular weight excluding hydrogens is 875 g/mol. The van der Waals surface area contributed by atoms with Gasteiger partial charge in [0.15, 0.2) is 0 Å². The van der Waals surface area contributed by atoms with E-state index in [0.717, 1.165) is 38.5 Å². The largest absolute Gasteiger partial charge is 0.480 e. The zero-order valence-electron chi connectivity index (χ0n) is 46.9. The summed E-state index contributed by atoms with van der Waals surface area (Å²) >= 11 is 0. The Bertz CT molecular complexity index is 1040. The summed E-state index contributed by atoms with van der Waals surface area (Å²) in [6.07, 6.45) is 56.5. The average Bonchev–Trinajstić information content (AvgIpc) is 3.35. The summed E-state index contributed by atoms with van der Waals surface area (Å²) in [5, 5.41) is 12.9. The molecule has 2 N–H and O–H groups in total. The second-order valence-electron chi connectivity index (χ2n) is 21.6. The van der Waals surface area contributed by atoms with E-state index in [9.17, 15) is 24.3 Å². The molecule has 0 aliphatic rings. The van der Waals surface area contributed by atoms with Gasteiger partial charge in [-0.2, -0.15) is 0 Å². The summed E-state index contributed by atoms with van der Waals surface area (Å²) in [6.45, 7) is 7.45. The molecule has 0 saturated carbocycles.